The van der Waals surface area contributed by atoms with Gasteiger partial charge < -0.3 is 20.3 Å². The Balaban J connectivity index is 3.38. The lowest BCUT2D eigenvalue weighted by molar-refractivity contribution is -0.143. The number of unbranched alkanes of at least 4 members (excludes halogenated alkanes) is 40. The van der Waals surface area contributed by atoms with Crippen LogP contribution < -0.4 is 5.32 Å². The first-order valence-electron chi connectivity index (χ1n) is 27.5. The molecule has 0 radical (unpaired) electrons. The molecule has 6 heteroatoms. The van der Waals surface area contributed by atoms with Crippen molar-refractivity contribution in [2.45, 2.75) is 315 Å². The van der Waals surface area contributed by atoms with E-state index in [0.29, 0.717) is 19.4 Å². The molecule has 2 atom stereocenters. The van der Waals surface area contributed by atoms with Crippen molar-refractivity contribution in [2.75, 3.05) is 13.2 Å². The molecule has 61 heavy (non-hydrogen) atoms. The maximum atomic E-state index is 12.4. The van der Waals surface area contributed by atoms with Crippen molar-refractivity contribution in [1.29, 1.82) is 0 Å². The summed E-state index contributed by atoms with van der Waals surface area (Å²) in [6.45, 7) is 4.88. The van der Waals surface area contributed by atoms with Gasteiger partial charge in [-0.05, 0) is 32.1 Å². The SMILES string of the molecule is CCCCCCCCCC/C=C/C(O)C(CO)NC(=O)CCCCCCCCCCCCCCCCCCOC(=O)CCCCCCCCCCCCCCCCCCCC. The summed E-state index contributed by atoms with van der Waals surface area (Å²) in [5.41, 5.74) is 0. The summed E-state index contributed by atoms with van der Waals surface area (Å²) in [6, 6.07) is -0.630. The molecule has 0 heterocycles. The van der Waals surface area contributed by atoms with E-state index in [9.17, 15) is 19.8 Å². The number of aliphatic hydroxyl groups excluding tert-OH is 2. The minimum absolute atomic E-state index is 0.00650. The van der Waals surface area contributed by atoms with Crippen molar-refractivity contribution in [3.63, 3.8) is 0 Å². The fourth-order valence-corrected chi connectivity index (χ4v) is 8.58. The van der Waals surface area contributed by atoms with Crippen LogP contribution in [-0.4, -0.2) is 47.4 Å². The number of rotatable bonds is 51. The number of esters is 1. The van der Waals surface area contributed by atoms with E-state index in [1.54, 1.807) is 6.08 Å². The molecule has 0 aliphatic heterocycles. The van der Waals surface area contributed by atoms with Gasteiger partial charge in [-0.25, -0.2) is 0 Å². The first-order valence-corrected chi connectivity index (χ1v) is 27.5. The van der Waals surface area contributed by atoms with E-state index in [-0.39, 0.29) is 18.5 Å². The largest absolute Gasteiger partial charge is 0.466 e. The van der Waals surface area contributed by atoms with Gasteiger partial charge in [-0.3, -0.25) is 9.59 Å². The molecule has 0 aliphatic rings. The minimum atomic E-state index is -0.846. The Morgan fingerprint density at radius 2 is 0.754 bits per heavy atom. The summed E-state index contributed by atoms with van der Waals surface area (Å²) in [6.07, 6.45) is 59.4. The van der Waals surface area contributed by atoms with Crippen LogP contribution >= 0.6 is 0 Å². The number of carbonyl (C=O) groups excluding carboxylic acids is 2. The monoisotopic (exact) mass is 862 g/mol. The number of hydrogen-bond donors (Lipinski definition) is 3. The Morgan fingerprint density at radius 3 is 1.11 bits per heavy atom. The van der Waals surface area contributed by atoms with E-state index in [2.05, 4.69) is 19.2 Å². The van der Waals surface area contributed by atoms with Crippen LogP contribution in [0.2, 0.25) is 0 Å². The predicted octanol–water partition coefficient (Wildman–Crippen LogP) is 16.5. The van der Waals surface area contributed by atoms with Crippen molar-refractivity contribution in [3.05, 3.63) is 12.2 Å². The summed E-state index contributed by atoms with van der Waals surface area (Å²) < 4.78 is 5.49. The molecule has 1 amide bonds. The molecule has 2 unspecified atom stereocenters. The van der Waals surface area contributed by atoms with Gasteiger partial charge >= 0.3 is 5.97 Å². The lowest BCUT2D eigenvalue weighted by atomic mass is 10.0. The average Bonchev–Trinajstić information content (AvgIpc) is 3.26. The van der Waals surface area contributed by atoms with Gasteiger partial charge in [0, 0.05) is 12.8 Å². The number of nitrogens with one attached hydrogen (secondary N) is 1. The summed E-state index contributed by atoms with van der Waals surface area (Å²) in [5.74, 6) is -0.0692. The molecule has 0 bridgehead atoms. The molecule has 0 saturated heterocycles. The zero-order valence-electron chi connectivity index (χ0n) is 41.2. The standard InChI is InChI=1S/C55H107NO5/c1-3-5-7-9-11-13-15-16-17-18-19-23-26-29-33-37-41-45-49-55(60)61-50-46-42-38-34-30-27-24-21-20-22-25-28-32-36-40-44-48-54(59)56-52(51-57)53(58)47-43-39-35-31-14-12-10-8-6-4-2/h43,47,52-53,57-58H,3-42,44-46,48-51H2,1-2H3,(H,56,59)/b47-43+. The maximum Gasteiger partial charge on any atom is 0.305 e. The lowest BCUT2D eigenvalue weighted by Crippen LogP contribution is -2.45. The van der Waals surface area contributed by atoms with Crippen LogP contribution in [0.25, 0.3) is 0 Å². The van der Waals surface area contributed by atoms with E-state index in [4.69, 9.17) is 4.74 Å². The van der Waals surface area contributed by atoms with E-state index >= 15 is 0 Å². The number of hydrogen-bond acceptors (Lipinski definition) is 5. The van der Waals surface area contributed by atoms with Crippen molar-refractivity contribution >= 4 is 11.9 Å². The van der Waals surface area contributed by atoms with Crippen molar-refractivity contribution in [3.8, 4) is 0 Å². The third-order valence-electron chi connectivity index (χ3n) is 12.8. The minimum Gasteiger partial charge on any atom is -0.466 e. The normalized spacial score (nSPS) is 12.7. The highest BCUT2D eigenvalue weighted by molar-refractivity contribution is 5.76. The second-order valence-corrected chi connectivity index (χ2v) is 18.9. The van der Waals surface area contributed by atoms with Gasteiger partial charge in [-0.15, -0.1) is 0 Å². The smallest absolute Gasteiger partial charge is 0.305 e. The Hall–Kier alpha value is -1.40. The third kappa shape index (κ3) is 47.9. The molecule has 0 saturated carbocycles. The molecule has 3 N–H and O–H groups in total. The Bertz CT molecular complexity index is 909. The highest BCUT2D eigenvalue weighted by Crippen LogP contribution is 2.17. The summed E-state index contributed by atoms with van der Waals surface area (Å²) in [7, 11) is 0. The van der Waals surface area contributed by atoms with Gasteiger partial charge in [0.2, 0.25) is 5.91 Å². The van der Waals surface area contributed by atoms with Crippen LogP contribution in [0.4, 0.5) is 0 Å². The first-order chi connectivity index (χ1) is 30.0. The quantitative estimate of drug-likeness (QED) is 0.0322. The molecular weight excluding hydrogens is 755 g/mol. The maximum absolute atomic E-state index is 12.4. The topological polar surface area (TPSA) is 95.9 Å². The van der Waals surface area contributed by atoms with Gasteiger partial charge in [0.1, 0.15) is 0 Å². The lowest BCUT2D eigenvalue weighted by Gasteiger charge is -2.20. The summed E-state index contributed by atoms with van der Waals surface area (Å²) in [5, 5.41) is 22.9. The van der Waals surface area contributed by atoms with Crippen molar-refractivity contribution < 1.29 is 24.5 Å². The van der Waals surface area contributed by atoms with Gasteiger partial charge in [-0.1, -0.05) is 270 Å². The van der Waals surface area contributed by atoms with E-state index in [1.807, 2.05) is 6.08 Å². The fourth-order valence-electron chi connectivity index (χ4n) is 8.58. The zero-order valence-corrected chi connectivity index (χ0v) is 41.2. The molecule has 0 rings (SSSR count). The van der Waals surface area contributed by atoms with Gasteiger partial charge in [0.05, 0.1) is 25.4 Å². The second-order valence-electron chi connectivity index (χ2n) is 18.9. The Labute approximate surface area is 380 Å². The molecule has 0 aliphatic carbocycles. The molecule has 362 valence electrons. The van der Waals surface area contributed by atoms with Crippen molar-refractivity contribution in [2.24, 2.45) is 0 Å². The second kappa shape index (κ2) is 51.2. The van der Waals surface area contributed by atoms with Crippen LogP contribution in [0.5, 0.6) is 0 Å². The number of ether oxygens (including phenoxy) is 1. The van der Waals surface area contributed by atoms with Crippen LogP contribution in [-0.2, 0) is 14.3 Å². The van der Waals surface area contributed by atoms with Crippen LogP contribution in [0, 0.1) is 0 Å². The van der Waals surface area contributed by atoms with Crippen LogP contribution in [0.3, 0.4) is 0 Å². The average molecular weight is 862 g/mol. The number of aliphatic hydroxyl groups is 2. The Kier molecular flexibility index (Phi) is 50.1. The molecule has 0 aromatic heterocycles. The molecule has 0 aromatic rings. The number of allylic oxidation sites excluding steroid dienone is 1. The zero-order chi connectivity index (χ0) is 44.4. The Morgan fingerprint density at radius 1 is 0.443 bits per heavy atom. The molecular formula is C55H107NO5. The number of amides is 1. The molecule has 0 aromatic carbocycles. The van der Waals surface area contributed by atoms with E-state index in [0.717, 1.165) is 44.9 Å². The fraction of sp³-hybridized carbons (Fsp3) is 0.927. The van der Waals surface area contributed by atoms with E-state index < -0.39 is 12.1 Å². The summed E-state index contributed by atoms with van der Waals surface area (Å²) in [4.78, 5) is 24.5. The number of carbonyl (C=O) groups is 2. The van der Waals surface area contributed by atoms with Crippen LogP contribution in [0.1, 0.15) is 303 Å². The third-order valence-corrected chi connectivity index (χ3v) is 12.8. The van der Waals surface area contributed by atoms with Crippen LogP contribution in [0.15, 0.2) is 12.2 Å². The predicted molar refractivity (Wildman–Crippen MR) is 264 cm³/mol. The van der Waals surface area contributed by atoms with Gasteiger partial charge in [0.15, 0.2) is 0 Å². The highest BCUT2D eigenvalue weighted by atomic mass is 16.5. The molecule has 0 fully saturated rings. The van der Waals surface area contributed by atoms with Gasteiger partial charge in [-0.2, -0.15) is 0 Å². The van der Waals surface area contributed by atoms with E-state index in [1.165, 1.54) is 231 Å². The highest BCUT2D eigenvalue weighted by Gasteiger charge is 2.18. The molecule has 0 spiro atoms. The summed E-state index contributed by atoms with van der Waals surface area (Å²) >= 11 is 0. The first kappa shape index (κ1) is 59.6. The van der Waals surface area contributed by atoms with Crippen molar-refractivity contribution in [1.82, 2.24) is 5.32 Å². The molecule has 6 nitrogen and oxygen atoms in total. The van der Waals surface area contributed by atoms with Gasteiger partial charge in [0.25, 0.3) is 0 Å².